The third-order valence-electron chi connectivity index (χ3n) is 27.2. The van der Waals surface area contributed by atoms with Gasteiger partial charge < -0.3 is 124 Å². The van der Waals surface area contributed by atoms with Gasteiger partial charge in [-0.15, -0.1) is 23.2 Å². The number of nitrogens with two attached hydrogens (primary N) is 1. The minimum atomic E-state index is -2.13. The number of benzene rings is 1. The second kappa shape index (κ2) is 39.1. The predicted molar refractivity (Wildman–Crippen MR) is 414 cm³/mol. The molecule has 0 aromatic heterocycles. The summed E-state index contributed by atoms with van der Waals surface area (Å²) >= 11 is 14.8. The average molecular weight is 1650 g/mol. The van der Waals surface area contributed by atoms with Gasteiger partial charge in [0.1, 0.15) is 72.9 Å². The molecule has 14 aliphatic rings. The number of amides is 8. The molecule has 8 aliphatic carbocycles. The Morgan fingerprint density at radius 2 is 1.21 bits per heavy atom. The fraction of sp³-hybridized carbons (Fsp3) is 0.825. The van der Waals surface area contributed by atoms with Crippen LogP contribution in [0.15, 0.2) is 12.1 Å². The zero-order valence-corrected chi connectivity index (χ0v) is 67.4. The fourth-order valence-corrected chi connectivity index (χ4v) is 22.1. The summed E-state index contributed by atoms with van der Waals surface area (Å²) < 4.78 is 26.3. The summed E-state index contributed by atoms with van der Waals surface area (Å²) in [5, 5.41) is 136. The summed E-state index contributed by atoms with van der Waals surface area (Å²) in [5.41, 5.74) is 5.63. The first kappa shape index (κ1) is 87.7. The van der Waals surface area contributed by atoms with Crippen molar-refractivity contribution in [1.82, 2.24) is 53.2 Å². The largest absolute Gasteiger partial charge is 0.485 e. The van der Waals surface area contributed by atoms with Gasteiger partial charge >= 0.3 is 0 Å². The van der Waals surface area contributed by atoms with Gasteiger partial charge in [-0.25, -0.2) is 0 Å². The Bertz CT molecular complexity index is 3470. The highest BCUT2D eigenvalue weighted by Gasteiger charge is 2.58. The number of likely N-dealkylation sites (N-methyl/N-ethyl adjacent to an activating group) is 1. The molecule has 0 radical (unpaired) electrons. The molecule has 34 heteroatoms. The third kappa shape index (κ3) is 20.1. The second-order valence-corrected chi connectivity index (χ2v) is 36.5. The Balaban J connectivity index is 0.970. The predicted octanol–water partition coefficient (Wildman–Crippen LogP) is -0.740. The van der Waals surface area contributed by atoms with Crippen LogP contribution in [0, 0.1) is 71.0 Å². The molecule has 8 amide bonds. The normalized spacial score (nSPS) is 40.6. The van der Waals surface area contributed by atoms with Crippen LogP contribution in [0.25, 0.3) is 0 Å². The molecule has 15 rings (SSSR count). The standard InChI is InChI=1S/C80H125Cl2N11O21/c1-5-6-7-8-9-10-17-85-18-19-86-33-46-52(96)31-45-59(68(46)100)44-26-38(11-14-51(44)95)61-75(106)93-65(79(110)91-63(45)77(108)88-60-41-22-36-21-37(24-41)25-42(60)23-36)67(99)40-13-16-54(48(82)28-40)112-56-30-43-29-55(72(56)114-80-71(103)70(102)69(101)57(34-94)113-80)111-53-15-12-39(27-47(53)81)66(98)64(92-73(104)49(84-4)20-35(2)3)78(109)87-50(32-58(83)97)74(105)89-62(43)76(107)90-61/h29-30,35-42,44-54,57,59-71,80,84-86,94-96,98-103H,5-28,31-34H2,1-4H3,(H2,83,97)(H,87,109)(H,88,108)(H,89,105)(H,90,107)(H,91,110)(H,92,104)(H,93,106)/t36?,37?,38-,39-,40-,41?,42?,44?,45?,46?,47+,48?,49+,50-,51+,52?,53+,54+,57+,59?,60?,61+,62+,63-,64+,65-,66+,67+,68-,69+,70-,71+,80-/m0/s1. The van der Waals surface area contributed by atoms with Crippen LogP contribution in [0.4, 0.5) is 0 Å². The van der Waals surface area contributed by atoms with E-state index < -0.39 is 234 Å². The monoisotopic (exact) mass is 1650 g/mol. The molecule has 1 aromatic carbocycles. The highest BCUT2D eigenvalue weighted by atomic mass is 35.5. The number of carbonyl (C=O) groups is 8. The Hall–Kier alpha value is -5.56. The number of hydrogen-bond acceptors (Lipinski definition) is 24. The van der Waals surface area contributed by atoms with E-state index in [0.717, 1.165) is 64.3 Å². The molecule has 6 heterocycles. The molecule has 1 aromatic rings. The summed E-state index contributed by atoms with van der Waals surface area (Å²) in [6.07, 6.45) is -8.67. The van der Waals surface area contributed by atoms with Crippen LogP contribution in [0.3, 0.4) is 0 Å². The first-order valence-corrected chi connectivity index (χ1v) is 43.1. The zero-order valence-electron chi connectivity index (χ0n) is 65.8. The first-order chi connectivity index (χ1) is 54.5. The number of aliphatic hydroxyl groups is 9. The minimum absolute atomic E-state index is 0.00221. The maximum atomic E-state index is 16.5. The number of hydrogen-bond donors (Lipinski definition) is 20. The highest BCUT2D eigenvalue weighted by molar-refractivity contribution is 6.21. The SMILES string of the molecule is CCCCCCCCNCCNCC1C(O)CC2C(C3C[C@H](CC[C@H]3O)[C@H]3NC(=O)[C@@H]4NC(=O)[C@H](CC(N)=O)NC(=O)[C@H](NC(=O)[C@@H](CC(C)C)NC)[C@H](O)[C@H]5CC[C@@H](Oc6cc4cc(c6O[C@@H]4O[C@H](CO)[C@@H](O)[C@H](O)[C@H]4O)O[C@@H]4CC[C@@H](CC4Cl)[C@@H](O)[C@H](NC3=O)C(=O)N[C@@H]2C(=O)NC2C3CC4CC(C3)CC2C4)[C@H](Cl)C5)[C@H]1O. The summed E-state index contributed by atoms with van der Waals surface area (Å²) in [5.74, 6) is -14.8. The number of fused-ring (bicyclic) bond motifs is 15. The Morgan fingerprint density at radius 3 is 1.83 bits per heavy atom. The van der Waals surface area contributed by atoms with Gasteiger partial charge in [-0.3, -0.25) is 38.4 Å². The van der Waals surface area contributed by atoms with E-state index in [2.05, 4.69) is 60.1 Å². The van der Waals surface area contributed by atoms with E-state index in [1.54, 1.807) is 7.05 Å². The lowest BCUT2D eigenvalue weighted by Crippen LogP contribution is -2.68. The highest BCUT2D eigenvalue weighted by Crippen LogP contribution is 2.55. The van der Waals surface area contributed by atoms with Crippen molar-refractivity contribution in [2.24, 2.45) is 76.7 Å². The Labute approximate surface area is 676 Å². The molecule has 640 valence electrons. The lowest BCUT2D eigenvalue weighted by Gasteiger charge is -2.55. The van der Waals surface area contributed by atoms with Crippen molar-refractivity contribution in [3.63, 3.8) is 0 Å². The van der Waals surface area contributed by atoms with Gasteiger partial charge in [0.15, 0.2) is 11.5 Å². The number of halogens is 2. The van der Waals surface area contributed by atoms with Crippen molar-refractivity contribution in [3.05, 3.63) is 17.7 Å². The van der Waals surface area contributed by atoms with Crippen molar-refractivity contribution in [2.45, 2.75) is 301 Å². The van der Waals surface area contributed by atoms with Crippen LogP contribution in [-0.2, 0) is 43.1 Å². The number of alkyl halides is 2. The van der Waals surface area contributed by atoms with Crippen molar-refractivity contribution >= 4 is 70.5 Å². The number of carbonyl (C=O) groups excluding carboxylic acids is 8. The third-order valence-corrected chi connectivity index (χ3v) is 28.1. The second-order valence-electron chi connectivity index (χ2n) is 35.4. The zero-order chi connectivity index (χ0) is 81.7. The van der Waals surface area contributed by atoms with Crippen LogP contribution < -0.4 is 73.1 Å². The van der Waals surface area contributed by atoms with Gasteiger partial charge in [-0.05, 0) is 206 Å². The lowest BCUT2D eigenvalue weighted by atomic mass is 9.54. The Morgan fingerprint density at radius 1 is 0.596 bits per heavy atom. The van der Waals surface area contributed by atoms with Gasteiger partial charge in [0.25, 0.3) is 0 Å². The molecule has 0 spiro atoms. The number of ether oxygens (including phenoxy) is 4. The molecule has 21 N–H and O–H groups in total. The molecule has 6 unspecified atom stereocenters. The summed E-state index contributed by atoms with van der Waals surface area (Å²) in [6, 6.07) is -9.88. The van der Waals surface area contributed by atoms with Gasteiger partial charge in [-0.2, -0.15) is 0 Å². The van der Waals surface area contributed by atoms with Gasteiger partial charge in [-0.1, -0.05) is 52.9 Å². The molecule has 28 atom stereocenters. The molecule has 2 saturated heterocycles. The molecular formula is C80H125Cl2N11O21. The van der Waals surface area contributed by atoms with Crippen LogP contribution in [0.5, 0.6) is 17.2 Å². The lowest BCUT2D eigenvalue weighted by molar-refractivity contribution is -0.278. The van der Waals surface area contributed by atoms with E-state index in [9.17, 15) is 55.5 Å². The Kier molecular flexibility index (Phi) is 30.1. The van der Waals surface area contributed by atoms with Crippen molar-refractivity contribution in [1.29, 1.82) is 0 Å². The number of rotatable bonds is 24. The van der Waals surface area contributed by atoms with Crippen LogP contribution >= 0.6 is 23.2 Å². The summed E-state index contributed by atoms with van der Waals surface area (Å²) in [4.78, 5) is 123. The molecule has 6 aliphatic heterocycles. The molecule has 114 heavy (non-hydrogen) atoms. The number of unbranched alkanes of at least 4 members (excludes halogenated alkanes) is 5. The molecule has 15 bridgehead atoms. The molecule has 32 nitrogen and oxygen atoms in total. The van der Waals surface area contributed by atoms with Gasteiger partial charge in [0.2, 0.25) is 59.3 Å². The molecule has 8 saturated carbocycles. The molecular weight excluding hydrogens is 1520 g/mol. The van der Waals surface area contributed by atoms with E-state index >= 15 is 28.8 Å². The maximum absolute atomic E-state index is 16.5. The van der Waals surface area contributed by atoms with E-state index in [1.807, 2.05) is 13.8 Å². The van der Waals surface area contributed by atoms with E-state index in [4.69, 9.17) is 47.9 Å². The summed E-state index contributed by atoms with van der Waals surface area (Å²) in [7, 11) is 1.54. The van der Waals surface area contributed by atoms with Crippen LogP contribution in [0.1, 0.15) is 180 Å². The van der Waals surface area contributed by atoms with Gasteiger partial charge in [0.05, 0.1) is 60.3 Å². The quantitative estimate of drug-likeness (QED) is 0.0448. The van der Waals surface area contributed by atoms with Crippen molar-refractivity contribution in [2.75, 3.05) is 39.8 Å². The van der Waals surface area contributed by atoms with Crippen molar-refractivity contribution in [3.8, 4) is 17.2 Å². The first-order valence-electron chi connectivity index (χ1n) is 42.2. The smallest absolute Gasteiger partial charge is 0.247 e. The topological polar surface area (TPSA) is 502 Å². The van der Waals surface area contributed by atoms with Crippen LogP contribution in [0.2, 0.25) is 0 Å². The number of nitrogens with one attached hydrogen (secondary N) is 10. The maximum Gasteiger partial charge on any atom is 0.247 e. The van der Waals surface area contributed by atoms with E-state index in [1.165, 1.54) is 25.0 Å². The van der Waals surface area contributed by atoms with E-state index in [-0.39, 0.29) is 118 Å². The summed E-state index contributed by atoms with van der Waals surface area (Å²) in [6.45, 7) is 7.01. The molecule has 10 fully saturated rings. The van der Waals surface area contributed by atoms with Crippen LogP contribution in [-0.4, -0.2) is 260 Å². The minimum Gasteiger partial charge on any atom is -0.485 e. The number of aliphatic hydroxyl groups excluding tert-OH is 9. The van der Waals surface area contributed by atoms with Crippen molar-refractivity contribution < 1.29 is 103 Å². The number of primary amides is 1. The van der Waals surface area contributed by atoms with Gasteiger partial charge in [0, 0.05) is 31.6 Å². The van der Waals surface area contributed by atoms with E-state index in [0.29, 0.717) is 24.9 Å². The average Bonchev–Trinajstić information content (AvgIpc) is 0.753. The fourth-order valence-electron chi connectivity index (χ4n) is 21.2.